The molecule has 0 amide bonds. The predicted octanol–water partition coefficient (Wildman–Crippen LogP) is 13.3. The number of nitrogen functional groups attached to an aromatic ring is 2. The number of hydrogen-bond acceptors (Lipinski definition) is 2. The van der Waals surface area contributed by atoms with Gasteiger partial charge in [0, 0.05) is 28.6 Å². The second-order valence-electron chi connectivity index (χ2n) is 15.2. The number of rotatable bonds is 18. The van der Waals surface area contributed by atoms with Gasteiger partial charge < -0.3 is 11.5 Å². The number of anilines is 2. The van der Waals surface area contributed by atoms with Gasteiger partial charge in [-0.15, -0.1) is 0 Å². The van der Waals surface area contributed by atoms with Crippen LogP contribution in [0.5, 0.6) is 0 Å². The molecule has 0 heterocycles. The van der Waals surface area contributed by atoms with Crippen molar-refractivity contribution < 1.29 is 0 Å². The maximum absolute atomic E-state index is 6.09. The fraction of sp³-hybridized carbons (Fsp3) is 0.489. The molecule has 1 fully saturated rings. The van der Waals surface area contributed by atoms with Crippen molar-refractivity contribution >= 4 is 11.4 Å². The van der Waals surface area contributed by atoms with Crippen LogP contribution in [0, 0.1) is 5.92 Å². The summed E-state index contributed by atoms with van der Waals surface area (Å²) in [7, 11) is 0. The van der Waals surface area contributed by atoms with E-state index in [0.717, 1.165) is 17.3 Å². The molecule has 2 nitrogen and oxygen atoms in total. The highest BCUT2D eigenvalue weighted by Gasteiger charge is 2.38. The molecular weight excluding hydrogens is 593 g/mol. The summed E-state index contributed by atoms with van der Waals surface area (Å²) in [6, 6.07) is 37.0. The lowest BCUT2D eigenvalue weighted by Crippen LogP contribution is -2.33. The Balaban J connectivity index is 1.46. The first-order valence-electron chi connectivity index (χ1n) is 19.9. The molecular formula is C47H64N2. The number of nitrogens with two attached hydrogens (primary N) is 2. The molecule has 2 unspecified atom stereocenters. The topological polar surface area (TPSA) is 52.0 Å². The lowest BCUT2D eigenvalue weighted by molar-refractivity contribution is 0.250. The zero-order valence-corrected chi connectivity index (χ0v) is 30.9. The molecule has 1 aliphatic carbocycles. The molecule has 5 rings (SSSR count). The van der Waals surface area contributed by atoms with Crippen molar-refractivity contribution in [1.29, 1.82) is 0 Å². The lowest BCUT2D eigenvalue weighted by Gasteiger charge is -2.42. The minimum atomic E-state index is 0.0656. The van der Waals surface area contributed by atoms with Gasteiger partial charge in [0.1, 0.15) is 0 Å². The highest BCUT2D eigenvalue weighted by atomic mass is 14.5. The van der Waals surface area contributed by atoms with Crippen molar-refractivity contribution in [2.45, 2.75) is 141 Å². The number of hydrogen-bond donors (Lipinski definition) is 2. The fourth-order valence-corrected chi connectivity index (χ4v) is 8.66. The van der Waals surface area contributed by atoms with Crippen LogP contribution in [0.25, 0.3) is 0 Å². The molecule has 0 spiro atoms. The largest absolute Gasteiger partial charge is 0.399 e. The Morgan fingerprint density at radius 1 is 0.490 bits per heavy atom. The van der Waals surface area contributed by atoms with Crippen molar-refractivity contribution in [3.05, 3.63) is 130 Å². The molecule has 0 aromatic heterocycles. The van der Waals surface area contributed by atoms with E-state index in [1.807, 2.05) is 0 Å². The van der Waals surface area contributed by atoms with E-state index in [2.05, 4.69) is 118 Å². The van der Waals surface area contributed by atoms with Crippen LogP contribution in [0.4, 0.5) is 11.4 Å². The first-order chi connectivity index (χ1) is 24.0. The van der Waals surface area contributed by atoms with Crippen LogP contribution in [0.2, 0.25) is 0 Å². The van der Waals surface area contributed by atoms with E-state index in [4.69, 9.17) is 11.5 Å². The van der Waals surface area contributed by atoms with Crippen LogP contribution in [0.3, 0.4) is 0 Å². The van der Waals surface area contributed by atoms with E-state index >= 15 is 0 Å². The molecule has 0 bridgehead atoms. The fourth-order valence-electron chi connectivity index (χ4n) is 8.66. The average molecular weight is 657 g/mol. The van der Waals surface area contributed by atoms with Crippen molar-refractivity contribution in [3.63, 3.8) is 0 Å². The summed E-state index contributed by atoms with van der Waals surface area (Å²) in [4.78, 5) is 0. The van der Waals surface area contributed by atoms with E-state index in [0.29, 0.717) is 11.8 Å². The van der Waals surface area contributed by atoms with E-state index in [1.54, 1.807) is 0 Å². The van der Waals surface area contributed by atoms with Crippen LogP contribution < -0.4 is 11.5 Å². The zero-order chi connectivity index (χ0) is 34.5. The lowest BCUT2D eigenvalue weighted by atomic mass is 9.62. The van der Waals surface area contributed by atoms with Crippen LogP contribution in [0.15, 0.2) is 97.1 Å². The van der Waals surface area contributed by atoms with Gasteiger partial charge in [-0.25, -0.2) is 0 Å². The summed E-state index contributed by atoms with van der Waals surface area (Å²) in [6.45, 7) is 6.91. The quantitative estimate of drug-likeness (QED) is 0.0827. The predicted molar refractivity (Wildman–Crippen MR) is 213 cm³/mol. The highest BCUT2D eigenvalue weighted by molar-refractivity contribution is 5.47. The summed E-state index contributed by atoms with van der Waals surface area (Å²) in [5, 5.41) is 0. The van der Waals surface area contributed by atoms with Gasteiger partial charge in [-0.1, -0.05) is 158 Å². The zero-order valence-electron chi connectivity index (χ0n) is 30.9. The third kappa shape index (κ3) is 9.59. The summed E-state index contributed by atoms with van der Waals surface area (Å²) in [6.07, 6.45) is 20.5. The maximum Gasteiger partial charge on any atom is 0.0314 e. The monoisotopic (exact) mass is 657 g/mol. The van der Waals surface area contributed by atoms with Gasteiger partial charge in [0.05, 0.1) is 0 Å². The molecule has 4 aromatic rings. The Morgan fingerprint density at radius 3 is 1.20 bits per heavy atom. The Hall–Kier alpha value is -3.52. The Labute approximate surface area is 299 Å². The summed E-state index contributed by atoms with van der Waals surface area (Å²) >= 11 is 0. The molecule has 4 aromatic carbocycles. The van der Waals surface area contributed by atoms with Crippen LogP contribution >= 0.6 is 0 Å². The Bertz CT molecular complexity index is 1390. The molecule has 0 radical (unpaired) electrons. The first-order valence-corrected chi connectivity index (χ1v) is 19.9. The SMILES string of the molecule is CCCCCC1CCC(c2ccc(C(CCCCC)c3ccc(N)cc3)cc2)(c2ccc(C(CCCCC)c3ccc(N)cc3)cc2)CC1. The van der Waals surface area contributed by atoms with Crippen molar-refractivity contribution in [3.8, 4) is 0 Å². The van der Waals surface area contributed by atoms with E-state index in [-0.39, 0.29) is 5.41 Å². The molecule has 0 saturated heterocycles. The van der Waals surface area contributed by atoms with Crippen LogP contribution in [-0.2, 0) is 5.41 Å². The van der Waals surface area contributed by atoms with Gasteiger partial charge in [0.2, 0.25) is 0 Å². The molecule has 2 atom stereocenters. The second-order valence-corrected chi connectivity index (χ2v) is 15.2. The molecule has 0 aliphatic heterocycles. The number of unbranched alkanes of at least 4 members (excludes halogenated alkanes) is 6. The standard InChI is InChI=1S/C47H64N2/c1-4-7-10-13-36-32-34-47(35-33-36,41-24-16-37(17-25-41)45(14-11-8-5-2)39-20-28-43(48)29-21-39)42-26-18-38(19-27-42)46(15-12-9-6-3)40-22-30-44(49)31-23-40/h16-31,36,45-46H,4-15,32-35,48-49H2,1-3H3. The maximum atomic E-state index is 6.09. The summed E-state index contributed by atoms with van der Waals surface area (Å²) in [5.41, 5.74) is 22.5. The minimum absolute atomic E-state index is 0.0656. The van der Waals surface area contributed by atoms with Gasteiger partial charge in [-0.05, 0) is 102 Å². The van der Waals surface area contributed by atoms with Crippen LogP contribution in [-0.4, -0.2) is 0 Å². The highest BCUT2D eigenvalue weighted by Crippen LogP contribution is 2.48. The van der Waals surface area contributed by atoms with E-state index < -0.39 is 0 Å². The third-order valence-electron chi connectivity index (χ3n) is 11.8. The number of benzene rings is 4. The van der Waals surface area contributed by atoms with E-state index in [1.165, 1.54) is 136 Å². The summed E-state index contributed by atoms with van der Waals surface area (Å²) < 4.78 is 0. The Kier molecular flexibility index (Phi) is 13.9. The van der Waals surface area contributed by atoms with Crippen molar-refractivity contribution in [2.75, 3.05) is 11.5 Å². The van der Waals surface area contributed by atoms with Gasteiger partial charge in [0.15, 0.2) is 0 Å². The van der Waals surface area contributed by atoms with Crippen molar-refractivity contribution in [1.82, 2.24) is 0 Å². The minimum Gasteiger partial charge on any atom is -0.399 e. The van der Waals surface area contributed by atoms with Crippen molar-refractivity contribution in [2.24, 2.45) is 5.92 Å². The first kappa shape index (κ1) is 36.8. The molecule has 1 saturated carbocycles. The smallest absolute Gasteiger partial charge is 0.0314 e. The molecule has 1 aliphatic rings. The van der Waals surface area contributed by atoms with Crippen LogP contribution in [0.1, 0.15) is 169 Å². The average Bonchev–Trinajstić information content (AvgIpc) is 3.14. The van der Waals surface area contributed by atoms with Gasteiger partial charge in [-0.3, -0.25) is 0 Å². The second kappa shape index (κ2) is 18.5. The summed E-state index contributed by atoms with van der Waals surface area (Å²) in [5.74, 6) is 1.67. The van der Waals surface area contributed by atoms with Gasteiger partial charge in [0.25, 0.3) is 0 Å². The van der Waals surface area contributed by atoms with Gasteiger partial charge >= 0.3 is 0 Å². The molecule has 4 N–H and O–H groups in total. The third-order valence-corrected chi connectivity index (χ3v) is 11.8. The normalized spacial score (nSPS) is 19.0. The molecule has 49 heavy (non-hydrogen) atoms. The molecule has 2 heteroatoms. The Morgan fingerprint density at radius 2 is 0.837 bits per heavy atom. The van der Waals surface area contributed by atoms with Gasteiger partial charge in [-0.2, -0.15) is 0 Å². The van der Waals surface area contributed by atoms with E-state index in [9.17, 15) is 0 Å². The molecule has 262 valence electrons.